The summed E-state index contributed by atoms with van der Waals surface area (Å²) in [6.07, 6.45) is 14.3. The lowest BCUT2D eigenvalue weighted by Crippen LogP contribution is -2.45. The molecule has 4 nitrogen and oxygen atoms in total. The summed E-state index contributed by atoms with van der Waals surface area (Å²) in [7, 11) is 1.77. The first kappa shape index (κ1) is 32.6. The summed E-state index contributed by atoms with van der Waals surface area (Å²) in [5.74, 6) is 2.26. The standard InChI is InChI=1S/C47H51NO3/c1-31-11-10-14-39-40(31)41-36-20-19-35(49-6)27-38(36)43-37(42(41)46(39)29-44(2,3)28-45(4,5)30-46)21-22-47(51-43,32-12-8-7-9-13-32)33-15-17-34(18-16-33)48-23-25-50-26-24-48/h7-10,12-22,27,31H,11,23-26,28-30H2,1-6H3. The first-order valence-corrected chi connectivity index (χ1v) is 19.0. The quantitative estimate of drug-likeness (QED) is 0.215. The van der Waals surface area contributed by atoms with Crippen molar-refractivity contribution in [2.75, 3.05) is 38.3 Å². The van der Waals surface area contributed by atoms with Gasteiger partial charge in [0.05, 0.1) is 20.3 Å². The third-order valence-electron chi connectivity index (χ3n) is 12.5. The largest absolute Gasteiger partial charge is 0.497 e. The number of ether oxygens (including phenoxy) is 3. The molecule has 5 aliphatic rings. The predicted octanol–water partition coefficient (Wildman–Crippen LogP) is 10.9. The van der Waals surface area contributed by atoms with Gasteiger partial charge in [-0.15, -0.1) is 0 Å². The minimum atomic E-state index is -0.806. The van der Waals surface area contributed by atoms with Gasteiger partial charge in [0.1, 0.15) is 11.5 Å². The Balaban J connectivity index is 1.31. The highest BCUT2D eigenvalue weighted by atomic mass is 16.5. The van der Waals surface area contributed by atoms with Crippen LogP contribution < -0.4 is 14.4 Å². The van der Waals surface area contributed by atoms with Crippen molar-refractivity contribution in [2.24, 2.45) is 16.7 Å². The van der Waals surface area contributed by atoms with Crippen LogP contribution >= 0.6 is 0 Å². The number of methoxy groups -OCH3 is 1. The van der Waals surface area contributed by atoms with Crippen LogP contribution in [0.2, 0.25) is 0 Å². The maximum absolute atomic E-state index is 7.72. The molecule has 51 heavy (non-hydrogen) atoms. The van der Waals surface area contributed by atoms with E-state index < -0.39 is 5.60 Å². The van der Waals surface area contributed by atoms with Crippen LogP contribution in [0.1, 0.15) is 88.1 Å². The van der Waals surface area contributed by atoms with Crippen LogP contribution in [0.3, 0.4) is 0 Å². The second-order valence-electron chi connectivity index (χ2n) is 17.4. The van der Waals surface area contributed by atoms with E-state index in [1.54, 1.807) is 18.3 Å². The van der Waals surface area contributed by atoms with E-state index >= 15 is 0 Å². The van der Waals surface area contributed by atoms with Gasteiger partial charge in [-0.3, -0.25) is 0 Å². The van der Waals surface area contributed by atoms with E-state index in [4.69, 9.17) is 14.2 Å². The summed E-state index contributed by atoms with van der Waals surface area (Å²) in [6, 6.07) is 26.5. The van der Waals surface area contributed by atoms with Crippen molar-refractivity contribution in [1.82, 2.24) is 0 Å². The number of benzene rings is 4. The van der Waals surface area contributed by atoms with Crippen molar-refractivity contribution in [2.45, 2.75) is 71.3 Å². The lowest BCUT2D eigenvalue weighted by Gasteiger charge is -2.53. The molecule has 4 aromatic carbocycles. The van der Waals surface area contributed by atoms with Crippen molar-refractivity contribution in [3.8, 4) is 11.5 Å². The molecule has 0 N–H and O–H groups in total. The molecular formula is C47H51NO3. The van der Waals surface area contributed by atoms with E-state index in [9.17, 15) is 0 Å². The third kappa shape index (κ3) is 5.04. The third-order valence-corrected chi connectivity index (χ3v) is 12.5. The Morgan fingerprint density at radius 2 is 1.49 bits per heavy atom. The molecule has 0 bridgehead atoms. The molecule has 2 atom stereocenters. The van der Waals surface area contributed by atoms with Gasteiger partial charge in [-0.05, 0) is 106 Å². The number of morpholine rings is 1. The molecule has 0 amide bonds. The fourth-order valence-electron chi connectivity index (χ4n) is 11.2. The van der Waals surface area contributed by atoms with Crippen molar-refractivity contribution < 1.29 is 14.2 Å². The van der Waals surface area contributed by atoms with E-state index in [0.29, 0.717) is 5.92 Å². The predicted molar refractivity (Wildman–Crippen MR) is 210 cm³/mol. The number of hydrogen-bond acceptors (Lipinski definition) is 4. The lowest BCUT2D eigenvalue weighted by molar-refractivity contribution is 0.0633. The molecule has 0 radical (unpaired) electrons. The monoisotopic (exact) mass is 677 g/mol. The highest BCUT2D eigenvalue weighted by Crippen LogP contribution is 2.67. The second kappa shape index (κ2) is 11.6. The van der Waals surface area contributed by atoms with Crippen molar-refractivity contribution in [1.29, 1.82) is 0 Å². The van der Waals surface area contributed by atoms with Gasteiger partial charge >= 0.3 is 0 Å². The number of fused-ring (bicyclic) bond motifs is 9. The molecule has 0 aromatic heterocycles. The van der Waals surface area contributed by atoms with Gasteiger partial charge in [-0.1, -0.05) is 95.3 Å². The van der Waals surface area contributed by atoms with Gasteiger partial charge in [0, 0.05) is 46.3 Å². The normalized spacial score (nSPS) is 25.4. The van der Waals surface area contributed by atoms with Gasteiger partial charge in [-0.2, -0.15) is 0 Å². The molecular weight excluding hydrogens is 627 g/mol. The van der Waals surface area contributed by atoms with Crippen LogP contribution in [0.5, 0.6) is 11.5 Å². The zero-order valence-corrected chi connectivity index (χ0v) is 31.1. The zero-order chi connectivity index (χ0) is 35.2. The summed E-state index contributed by atoms with van der Waals surface area (Å²) in [5, 5.41) is 2.40. The van der Waals surface area contributed by atoms with Crippen molar-refractivity contribution in [3.05, 3.63) is 124 Å². The first-order valence-electron chi connectivity index (χ1n) is 19.0. The molecule has 1 saturated heterocycles. The highest BCUT2D eigenvalue weighted by Gasteiger charge is 2.56. The average molecular weight is 678 g/mol. The minimum Gasteiger partial charge on any atom is -0.497 e. The van der Waals surface area contributed by atoms with Gasteiger partial charge in [0.2, 0.25) is 0 Å². The van der Waals surface area contributed by atoms with Crippen LogP contribution in [0.15, 0.2) is 96.6 Å². The topological polar surface area (TPSA) is 30.9 Å². The molecule has 4 heteroatoms. The summed E-state index contributed by atoms with van der Waals surface area (Å²) < 4.78 is 19.3. The molecule has 1 saturated carbocycles. The van der Waals surface area contributed by atoms with E-state index in [2.05, 4.69) is 137 Å². The van der Waals surface area contributed by atoms with Crippen LogP contribution in [-0.4, -0.2) is 33.4 Å². The number of nitrogens with zero attached hydrogens (tertiary/aromatic N) is 1. The lowest BCUT2D eigenvalue weighted by atomic mass is 9.51. The van der Waals surface area contributed by atoms with Crippen LogP contribution in [-0.2, 0) is 15.8 Å². The molecule has 2 unspecified atom stereocenters. The first-order chi connectivity index (χ1) is 24.5. The molecule has 262 valence electrons. The van der Waals surface area contributed by atoms with Crippen LogP contribution in [0.4, 0.5) is 5.69 Å². The number of allylic oxidation sites excluding steroid dienone is 4. The maximum Gasteiger partial charge on any atom is 0.178 e. The highest BCUT2D eigenvalue weighted by molar-refractivity contribution is 6.07. The maximum atomic E-state index is 7.72. The Morgan fingerprint density at radius 1 is 0.784 bits per heavy atom. The zero-order valence-electron chi connectivity index (χ0n) is 31.1. The fourth-order valence-corrected chi connectivity index (χ4v) is 11.2. The average Bonchev–Trinajstić information content (AvgIpc) is 3.40. The Labute approximate surface area is 303 Å². The molecule has 9 rings (SSSR count). The Kier molecular flexibility index (Phi) is 7.43. The molecule has 3 aliphatic carbocycles. The van der Waals surface area contributed by atoms with E-state index in [0.717, 1.165) is 73.6 Å². The van der Waals surface area contributed by atoms with Crippen LogP contribution in [0, 0.1) is 16.7 Å². The number of anilines is 1. The number of rotatable bonds is 4. The van der Waals surface area contributed by atoms with Gasteiger partial charge in [0.15, 0.2) is 5.60 Å². The number of hydrogen-bond donors (Lipinski definition) is 0. The minimum absolute atomic E-state index is 0.0977. The van der Waals surface area contributed by atoms with Gasteiger partial charge in [-0.25, -0.2) is 0 Å². The summed E-state index contributed by atoms with van der Waals surface area (Å²) in [6.45, 7) is 15.8. The Hall–Kier alpha value is -4.28. The summed E-state index contributed by atoms with van der Waals surface area (Å²) >= 11 is 0. The van der Waals surface area contributed by atoms with Gasteiger partial charge in [0.25, 0.3) is 0 Å². The van der Waals surface area contributed by atoms with Crippen molar-refractivity contribution >= 4 is 28.1 Å². The molecule has 1 spiro atoms. The Morgan fingerprint density at radius 3 is 2.20 bits per heavy atom. The van der Waals surface area contributed by atoms with Gasteiger partial charge < -0.3 is 19.1 Å². The summed E-state index contributed by atoms with van der Waals surface area (Å²) in [5.41, 5.74) is 10.2. The molecule has 2 aliphatic heterocycles. The molecule has 2 heterocycles. The van der Waals surface area contributed by atoms with E-state index in [-0.39, 0.29) is 16.2 Å². The Bertz CT molecular complexity index is 2100. The second-order valence-corrected chi connectivity index (χ2v) is 17.4. The van der Waals surface area contributed by atoms with Crippen molar-refractivity contribution in [3.63, 3.8) is 0 Å². The smallest absolute Gasteiger partial charge is 0.178 e. The van der Waals surface area contributed by atoms with Crippen LogP contribution in [0.25, 0.3) is 22.4 Å². The summed E-state index contributed by atoms with van der Waals surface area (Å²) in [4.78, 5) is 2.41. The van der Waals surface area contributed by atoms with E-state index in [1.807, 2.05) is 0 Å². The van der Waals surface area contributed by atoms with E-state index in [1.165, 1.54) is 34.2 Å². The SMILES string of the molecule is COc1ccc2c3c(c4c(c2c1)OC(c1ccccc1)(c1ccc(N2CCOCC2)cc1)C=C4)C1(CC(C)(C)CC(C)(C)C1)C1=C3C(C)CC=C1. The molecule has 2 fully saturated rings. The fraction of sp³-hybridized carbons (Fsp3) is 0.404. The molecule has 4 aromatic rings.